The molecular formula is C45H43F6NO2. The normalized spacial score (nSPS) is 12.2. The monoisotopic (exact) mass is 743 g/mol. The fraction of sp³-hybridized carbons (Fsp3) is 0.289. The van der Waals surface area contributed by atoms with Crippen molar-refractivity contribution in [1.82, 2.24) is 4.90 Å². The molecule has 0 atom stereocenters. The molecule has 6 aromatic rings. The van der Waals surface area contributed by atoms with Crippen LogP contribution < -0.4 is 9.47 Å². The highest BCUT2D eigenvalue weighted by molar-refractivity contribution is 6.11. The topological polar surface area (TPSA) is 21.7 Å². The van der Waals surface area contributed by atoms with Crippen LogP contribution in [-0.4, -0.2) is 30.7 Å². The van der Waals surface area contributed by atoms with E-state index >= 15 is 0 Å². The lowest BCUT2D eigenvalue weighted by Gasteiger charge is -2.28. The summed E-state index contributed by atoms with van der Waals surface area (Å²) in [6, 6.07) is 32.6. The number of hydrogen-bond donors (Lipinski definition) is 0. The van der Waals surface area contributed by atoms with Crippen LogP contribution in [0.25, 0.3) is 54.9 Å². The Labute approximate surface area is 312 Å². The second kappa shape index (κ2) is 16.6. The summed E-state index contributed by atoms with van der Waals surface area (Å²) in [6.45, 7) is 8.78. The van der Waals surface area contributed by atoms with Crippen molar-refractivity contribution in [1.29, 1.82) is 0 Å². The molecule has 282 valence electrons. The molecule has 0 aromatic heterocycles. The van der Waals surface area contributed by atoms with Crippen molar-refractivity contribution in [2.24, 2.45) is 0 Å². The smallest absolute Gasteiger partial charge is 0.406 e. The van der Waals surface area contributed by atoms with Crippen LogP contribution in [0.1, 0.15) is 57.6 Å². The first-order chi connectivity index (χ1) is 25.9. The predicted molar refractivity (Wildman–Crippen MR) is 206 cm³/mol. The van der Waals surface area contributed by atoms with Crippen LogP contribution in [0.5, 0.6) is 11.5 Å². The van der Waals surface area contributed by atoms with Gasteiger partial charge in [0.1, 0.15) is 11.5 Å². The maximum atomic E-state index is 13.2. The Bertz CT molecular complexity index is 2180. The van der Waals surface area contributed by atoms with Crippen molar-refractivity contribution >= 4 is 21.5 Å². The van der Waals surface area contributed by atoms with Gasteiger partial charge in [0, 0.05) is 6.54 Å². The average Bonchev–Trinajstić information content (AvgIpc) is 3.14. The molecule has 6 rings (SSSR count). The van der Waals surface area contributed by atoms with E-state index < -0.39 is 12.7 Å². The Morgan fingerprint density at radius 3 is 1.33 bits per heavy atom. The van der Waals surface area contributed by atoms with Gasteiger partial charge in [0.2, 0.25) is 0 Å². The zero-order chi connectivity index (χ0) is 38.5. The molecule has 0 amide bonds. The molecule has 0 saturated heterocycles. The predicted octanol–water partition coefficient (Wildman–Crippen LogP) is 13.8. The minimum atomic E-state index is -4.81. The fourth-order valence-corrected chi connectivity index (χ4v) is 7.33. The second-order valence-electron chi connectivity index (χ2n) is 13.5. The van der Waals surface area contributed by atoms with Gasteiger partial charge < -0.3 is 9.47 Å². The van der Waals surface area contributed by atoms with E-state index in [4.69, 9.17) is 0 Å². The number of alkyl halides is 6. The highest BCUT2D eigenvalue weighted by Crippen LogP contribution is 2.47. The lowest BCUT2D eigenvalue weighted by Crippen LogP contribution is -2.26. The molecular weight excluding hydrogens is 700 g/mol. The Morgan fingerprint density at radius 1 is 0.519 bits per heavy atom. The number of ether oxygens (including phenoxy) is 2. The first-order valence-electron chi connectivity index (χ1n) is 18.4. The second-order valence-corrected chi connectivity index (χ2v) is 13.5. The van der Waals surface area contributed by atoms with E-state index in [-0.39, 0.29) is 11.5 Å². The minimum Gasteiger partial charge on any atom is -0.406 e. The zero-order valence-electron chi connectivity index (χ0n) is 30.6. The van der Waals surface area contributed by atoms with Crippen molar-refractivity contribution in [3.63, 3.8) is 0 Å². The van der Waals surface area contributed by atoms with Crippen LogP contribution in [0.2, 0.25) is 0 Å². The summed E-state index contributed by atoms with van der Waals surface area (Å²) in [5, 5.41) is 4.00. The van der Waals surface area contributed by atoms with E-state index in [1.807, 2.05) is 30.3 Å². The standard InChI is InChI=1S/C45H43F6NO2/c1-4-7-25-52(26-8-5-2)29-41-40(31-19-23-35(24-20-31)54-45(49,50)51)28-33-14-10-12-16-38(33)43(41)42-36(6-3)39(27-32-13-9-11-15-37(32)42)30-17-21-34(22-18-30)53-44(46,47)48/h9-24,27-28H,4-8,25-26,29H2,1-3H3. The van der Waals surface area contributed by atoms with Crippen LogP contribution in [0.3, 0.4) is 0 Å². The molecule has 0 spiro atoms. The molecule has 0 fully saturated rings. The van der Waals surface area contributed by atoms with Gasteiger partial charge in [-0.1, -0.05) is 106 Å². The molecule has 0 aliphatic heterocycles. The van der Waals surface area contributed by atoms with Gasteiger partial charge in [-0.05, 0) is 135 Å². The average molecular weight is 744 g/mol. The van der Waals surface area contributed by atoms with E-state index in [2.05, 4.69) is 65.5 Å². The molecule has 6 aromatic carbocycles. The quantitative estimate of drug-likeness (QED) is 0.104. The summed E-state index contributed by atoms with van der Waals surface area (Å²) >= 11 is 0. The Hall–Kier alpha value is -5.02. The molecule has 9 heteroatoms. The van der Waals surface area contributed by atoms with Gasteiger partial charge in [0.05, 0.1) is 0 Å². The van der Waals surface area contributed by atoms with Crippen LogP contribution in [-0.2, 0) is 13.0 Å². The summed E-state index contributed by atoms with van der Waals surface area (Å²) < 4.78 is 87.0. The molecule has 0 heterocycles. The maximum Gasteiger partial charge on any atom is 0.573 e. The highest BCUT2D eigenvalue weighted by Gasteiger charge is 2.32. The number of benzene rings is 6. The molecule has 0 N–H and O–H groups in total. The lowest BCUT2D eigenvalue weighted by molar-refractivity contribution is -0.275. The lowest BCUT2D eigenvalue weighted by atomic mass is 9.80. The van der Waals surface area contributed by atoms with Crippen molar-refractivity contribution in [2.75, 3.05) is 13.1 Å². The van der Waals surface area contributed by atoms with E-state index in [9.17, 15) is 26.3 Å². The van der Waals surface area contributed by atoms with Crippen molar-refractivity contribution in [3.8, 4) is 44.9 Å². The molecule has 54 heavy (non-hydrogen) atoms. The molecule has 0 aliphatic carbocycles. The summed E-state index contributed by atoms with van der Waals surface area (Å²) in [4.78, 5) is 2.47. The number of fused-ring (bicyclic) bond motifs is 2. The third kappa shape index (κ3) is 9.01. The van der Waals surface area contributed by atoms with E-state index in [0.29, 0.717) is 13.0 Å². The van der Waals surface area contributed by atoms with E-state index in [1.54, 1.807) is 24.3 Å². The Morgan fingerprint density at radius 2 is 0.926 bits per heavy atom. The minimum absolute atomic E-state index is 0.292. The van der Waals surface area contributed by atoms with E-state index in [1.165, 1.54) is 24.3 Å². The summed E-state index contributed by atoms with van der Waals surface area (Å²) in [5.74, 6) is -0.586. The van der Waals surface area contributed by atoms with Crippen LogP contribution >= 0.6 is 0 Å². The van der Waals surface area contributed by atoms with Crippen LogP contribution in [0.4, 0.5) is 26.3 Å². The Kier molecular flexibility index (Phi) is 11.9. The molecule has 0 unspecified atom stereocenters. The van der Waals surface area contributed by atoms with Gasteiger partial charge in [-0.25, -0.2) is 0 Å². The van der Waals surface area contributed by atoms with Gasteiger partial charge in [-0.15, -0.1) is 26.3 Å². The van der Waals surface area contributed by atoms with Gasteiger partial charge in [-0.3, -0.25) is 4.90 Å². The first-order valence-corrected chi connectivity index (χ1v) is 18.4. The summed E-state index contributed by atoms with van der Waals surface area (Å²) in [6.07, 6.45) is -4.91. The number of nitrogens with zero attached hydrogens (tertiary/aromatic N) is 1. The molecule has 0 aliphatic rings. The molecule has 3 nitrogen and oxygen atoms in total. The number of rotatable bonds is 14. The SMILES string of the molecule is CCCCN(CCCC)Cc1c(-c2ccc(OC(F)(F)F)cc2)cc2ccccc2c1-c1c(CC)c(-c2ccc(OC(F)(F)F)cc2)cc2ccccc12. The van der Waals surface area contributed by atoms with E-state index in [0.717, 1.165) is 105 Å². The van der Waals surface area contributed by atoms with Crippen LogP contribution in [0.15, 0.2) is 109 Å². The molecule has 0 saturated carbocycles. The van der Waals surface area contributed by atoms with Crippen molar-refractivity contribution < 1.29 is 35.8 Å². The highest BCUT2D eigenvalue weighted by atomic mass is 19.4. The maximum absolute atomic E-state index is 13.2. The fourth-order valence-electron chi connectivity index (χ4n) is 7.33. The third-order valence-corrected chi connectivity index (χ3v) is 9.75. The van der Waals surface area contributed by atoms with Gasteiger partial charge in [0.25, 0.3) is 0 Å². The van der Waals surface area contributed by atoms with Gasteiger partial charge in [-0.2, -0.15) is 0 Å². The number of unbranched alkanes of at least 4 members (excludes halogenated alkanes) is 2. The zero-order valence-corrected chi connectivity index (χ0v) is 30.6. The number of hydrogen-bond acceptors (Lipinski definition) is 3. The van der Waals surface area contributed by atoms with Gasteiger partial charge >= 0.3 is 12.7 Å². The van der Waals surface area contributed by atoms with Gasteiger partial charge in [0.15, 0.2) is 0 Å². The largest absolute Gasteiger partial charge is 0.573 e. The first kappa shape index (κ1) is 38.7. The van der Waals surface area contributed by atoms with Crippen LogP contribution in [0, 0.1) is 0 Å². The van der Waals surface area contributed by atoms with Crippen molar-refractivity contribution in [3.05, 3.63) is 120 Å². The summed E-state index contributed by atoms with van der Waals surface area (Å²) in [7, 11) is 0. The molecule has 0 radical (unpaired) electrons. The number of halogens is 6. The van der Waals surface area contributed by atoms with Crippen molar-refractivity contribution in [2.45, 2.75) is 72.1 Å². The molecule has 0 bridgehead atoms. The third-order valence-electron chi connectivity index (χ3n) is 9.75. The Balaban J connectivity index is 1.67. The summed E-state index contributed by atoms with van der Waals surface area (Å²) in [5.41, 5.74) is 7.46.